The average Bonchev–Trinajstić information content (AvgIpc) is 2.95. The van der Waals surface area contributed by atoms with E-state index in [9.17, 15) is 9.59 Å². The Bertz CT molecular complexity index is 773. The molecule has 0 unspecified atom stereocenters. The highest BCUT2D eigenvalue weighted by atomic mass is 16.5. The van der Waals surface area contributed by atoms with Gasteiger partial charge in [-0.15, -0.1) is 0 Å². The number of anilines is 1. The molecule has 0 saturated carbocycles. The molecule has 0 aliphatic carbocycles. The Morgan fingerprint density at radius 2 is 1.88 bits per heavy atom. The Hall–Kier alpha value is -2.83. The topological polar surface area (TPSA) is 93.5 Å². The summed E-state index contributed by atoms with van der Waals surface area (Å²) in [7, 11) is 1.75. The van der Waals surface area contributed by atoms with E-state index in [1.165, 1.54) is 0 Å². The minimum absolute atomic E-state index is 0.0788. The number of carbonyl (C=O) groups is 2. The molecule has 7 heteroatoms. The van der Waals surface area contributed by atoms with Gasteiger partial charge in [0.15, 0.2) is 0 Å². The third kappa shape index (κ3) is 5.34. The maximum absolute atomic E-state index is 12.5. The molecular formula is C19H25N3O4. The number of nitrogens with zero attached hydrogens (tertiary/aromatic N) is 2. The van der Waals surface area contributed by atoms with Gasteiger partial charge >= 0.3 is 5.97 Å². The number of benzene rings is 1. The van der Waals surface area contributed by atoms with Gasteiger partial charge in [-0.1, -0.05) is 20.8 Å². The number of amides is 1. The summed E-state index contributed by atoms with van der Waals surface area (Å²) in [6.07, 6.45) is 0.528. The van der Waals surface area contributed by atoms with Crippen molar-refractivity contribution in [2.24, 2.45) is 7.05 Å². The molecule has 1 heterocycles. The van der Waals surface area contributed by atoms with Crippen molar-refractivity contribution in [2.45, 2.75) is 39.0 Å². The van der Waals surface area contributed by atoms with Crippen molar-refractivity contribution in [1.82, 2.24) is 9.78 Å². The van der Waals surface area contributed by atoms with Gasteiger partial charge in [0.25, 0.3) is 5.91 Å². The SMILES string of the molecule is Cn1nc(C(C)(C)C)cc1C(=O)Nc1ccc(OCCCC(=O)O)cc1. The lowest BCUT2D eigenvalue weighted by Gasteiger charge is -2.13. The second-order valence-electron chi connectivity index (χ2n) is 7.11. The molecule has 0 fully saturated rings. The van der Waals surface area contributed by atoms with Gasteiger partial charge in [-0.3, -0.25) is 14.3 Å². The van der Waals surface area contributed by atoms with Crippen LogP contribution in [0.4, 0.5) is 5.69 Å². The molecule has 0 aliphatic rings. The van der Waals surface area contributed by atoms with Crippen LogP contribution in [0.1, 0.15) is 49.8 Å². The van der Waals surface area contributed by atoms with E-state index >= 15 is 0 Å². The molecule has 7 nitrogen and oxygen atoms in total. The van der Waals surface area contributed by atoms with Crippen LogP contribution in [0.15, 0.2) is 30.3 Å². The quantitative estimate of drug-likeness (QED) is 0.741. The fourth-order valence-electron chi connectivity index (χ4n) is 2.29. The Morgan fingerprint density at radius 1 is 1.23 bits per heavy atom. The van der Waals surface area contributed by atoms with Gasteiger partial charge in [-0.25, -0.2) is 0 Å². The van der Waals surface area contributed by atoms with Crippen LogP contribution in [0.25, 0.3) is 0 Å². The van der Waals surface area contributed by atoms with Crippen molar-refractivity contribution >= 4 is 17.6 Å². The van der Waals surface area contributed by atoms with Crippen LogP contribution in [0.2, 0.25) is 0 Å². The van der Waals surface area contributed by atoms with E-state index in [-0.39, 0.29) is 17.7 Å². The maximum Gasteiger partial charge on any atom is 0.303 e. The maximum atomic E-state index is 12.5. The molecule has 2 N–H and O–H groups in total. The monoisotopic (exact) mass is 359 g/mol. The van der Waals surface area contributed by atoms with E-state index < -0.39 is 5.97 Å². The molecule has 0 radical (unpaired) electrons. The highest BCUT2D eigenvalue weighted by Crippen LogP contribution is 2.22. The fourth-order valence-corrected chi connectivity index (χ4v) is 2.29. The van der Waals surface area contributed by atoms with Gasteiger partial charge in [0.1, 0.15) is 11.4 Å². The van der Waals surface area contributed by atoms with E-state index in [0.29, 0.717) is 30.2 Å². The summed E-state index contributed by atoms with van der Waals surface area (Å²) in [4.78, 5) is 22.9. The number of rotatable bonds is 7. The summed E-state index contributed by atoms with van der Waals surface area (Å²) < 4.78 is 7.05. The zero-order chi connectivity index (χ0) is 19.3. The first-order valence-corrected chi connectivity index (χ1v) is 8.47. The summed E-state index contributed by atoms with van der Waals surface area (Å²) in [6.45, 7) is 6.48. The number of nitrogens with one attached hydrogen (secondary N) is 1. The van der Waals surface area contributed by atoms with Gasteiger partial charge < -0.3 is 15.2 Å². The summed E-state index contributed by atoms with van der Waals surface area (Å²) in [5.41, 5.74) is 1.86. The lowest BCUT2D eigenvalue weighted by atomic mass is 9.92. The smallest absolute Gasteiger partial charge is 0.303 e. The van der Waals surface area contributed by atoms with Gasteiger partial charge in [-0.05, 0) is 36.8 Å². The van der Waals surface area contributed by atoms with E-state index in [1.54, 1.807) is 42.1 Å². The number of carboxylic acid groups (broad SMARTS) is 1. The summed E-state index contributed by atoms with van der Waals surface area (Å²) in [5.74, 6) is -0.439. The van der Waals surface area contributed by atoms with Crippen LogP contribution in [0, 0.1) is 0 Å². The third-order valence-corrected chi connectivity index (χ3v) is 3.80. The predicted octanol–water partition coefficient (Wildman–Crippen LogP) is 3.21. The molecule has 0 saturated heterocycles. The highest BCUT2D eigenvalue weighted by Gasteiger charge is 2.21. The molecule has 2 rings (SSSR count). The Labute approximate surface area is 153 Å². The second-order valence-corrected chi connectivity index (χ2v) is 7.11. The van der Waals surface area contributed by atoms with Crippen LogP contribution >= 0.6 is 0 Å². The largest absolute Gasteiger partial charge is 0.494 e. The van der Waals surface area contributed by atoms with Gasteiger partial charge in [0, 0.05) is 24.6 Å². The summed E-state index contributed by atoms with van der Waals surface area (Å²) in [6, 6.07) is 8.76. The number of aliphatic carboxylic acids is 1. The molecule has 0 aliphatic heterocycles. The van der Waals surface area contributed by atoms with Crippen molar-refractivity contribution in [3.63, 3.8) is 0 Å². The molecule has 0 bridgehead atoms. The first-order chi connectivity index (χ1) is 12.2. The molecular weight excluding hydrogens is 334 g/mol. The lowest BCUT2D eigenvalue weighted by Crippen LogP contribution is -2.16. The number of ether oxygens (including phenoxy) is 1. The predicted molar refractivity (Wildman–Crippen MR) is 98.7 cm³/mol. The van der Waals surface area contributed by atoms with E-state index in [0.717, 1.165) is 5.69 Å². The Morgan fingerprint density at radius 3 is 2.42 bits per heavy atom. The Kier molecular flexibility index (Phi) is 6.02. The van der Waals surface area contributed by atoms with Crippen molar-refractivity contribution in [1.29, 1.82) is 0 Å². The second kappa shape index (κ2) is 8.03. The molecule has 26 heavy (non-hydrogen) atoms. The van der Waals surface area contributed by atoms with Crippen LogP contribution in [-0.2, 0) is 17.3 Å². The molecule has 1 aromatic heterocycles. The zero-order valence-corrected chi connectivity index (χ0v) is 15.6. The summed E-state index contributed by atoms with van der Waals surface area (Å²) >= 11 is 0. The third-order valence-electron chi connectivity index (χ3n) is 3.80. The number of aromatic nitrogens is 2. The average molecular weight is 359 g/mol. The van der Waals surface area contributed by atoms with Crippen molar-refractivity contribution in [3.8, 4) is 5.75 Å². The number of carboxylic acids is 1. The standard InChI is InChI=1S/C19H25N3O4/c1-19(2,3)16-12-15(22(4)21-16)18(25)20-13-7-9-14(10-8-13)26-11-5-6-17(23)24/h7-10,12H,5-6,11H2,1-4H3,(H,20,25)(H,23,24). The Balaban J connectivity index is 1.95. The van der Waals surface area contributed by atoms with E-state index in [1.807, 2.05) is 20.8 Å². The molecule has 0 atom stereocenters. The molecule has 1 amide bonds. The van der Waals surface area contributed by atoms with Crippen LogP contribution in [0.3, 0.4) is 0 Å². The number of carbonyl (C=O) groups excluding carboxylic acids is 1. The van der Waals surface area contributed by atoms with Crippen molar-refractivity contribution in [2.75, 3.05) is 11.9 Å². The van der Waals surface area contributed by atoms with E-state index in [4.69, 9.17) is 9.84 Å². The van der Waals surface area contributed by atoms with Crippen molar-refractivity contribution in [3.05, 3.63) is 41.7 Å². The van der Waals surface area contributed by atoms with E-state index in [2.05, 4.69) is 10.4 Å². The van der Waals surface area contributed by atoms with Crippen LogP contribution in [0.5, 0.6) is 5.75 Å². The molecule has 0 spiro atoms. The number of hydrogen-bond donors (Lipinski definition) is 2. The first-order valence-electron chi connectivity index (χ1n) is 8.47. The van der Waals surface area contributed by atoms with Gasteiger partial charge in [0.05, 0.1) is 12.3 Å². The fraction of sp³-hybridized carbons (Fsp3) is 0.421. The lowest BCUT2D eigenvalue weighted by molar-refractivity contribution is -0.137. The zero-order valence-electron chi connectivity index (χ0n) is 15.6. The molecule has 140 valence electrons. The normalized spacial score (nSPS) is 11.2. The van der Waals surface area contributed by atoms with Crippen molar-refractivity contribution < 1.29 is 19.4 Å². The minimum Gasteiger partial charge on any atom is -0.494 e. The molecule has 1 aromatic carbocycles. The van der Waals surface area contributed by atoms with Gasteiger partial charge in [-0.2, -0.15) is 5.10 Å². The van der Waals surface area contributed by atoms with Crippen LogP contribution in [-0.4, -0.2) is 33.4 Å². The first kappa shape index (κ1) is 19.5. The highest BCUT2D eigenvalue weighted by molar-refractivity contribution is 6.03. The number of aryl methyl sites for hydroxylation is 1. The van der Waals surface area contributed by atoms with Crippen LogP contribution < -0.4 is 10.1 Å². The summed E-state index contributed by atoms with van der Waals surface area (Å²) in [5, 5.41) is 15.8. The molecule has 2 aromatic rings. The minimum atomic E-state index is -0.837. The van der Waals surface area contributed by atoms with Gasteiger partial charge in [0.2, 0.25) is 0 Å². The number of hydrogen-bond acceptors (Lipinski definition) is 4.